The van der Waals surface area contributed by atoms with Gasteiger partial charge in [0.05, 0.1) is 22.9 Å². The lowest BCUT2D eigenvalue weighted by molar-refractivity contribution is -0.136. The molecular weight excluding hydrogens is 320 g/mol. The summed E-state index contributed by atoms with van der Waals surface area (Å²) in [6.45, 7) is 1.95. The van der Waals surface area contributed by atoms with Crippen LogP contribution in [0.4, 0.5) is 5.69 Å². The topological polar surface area (TPSA) is 79.3 Å². The summed E-state index contributed by atoms with van der Waals surface area (Å²) < 4.78 is 0. The highest BCUT2D eigenvalue weighted by atomic mass is 32.2. The molecule has 0 unspecified atom stereocenters. The molecule has 22 heavy (non-hydrogen) atoms. The Labute approximate surface area is 136 Å². The number of hydrogen-bond acceptors (Lipinski definition) is 5. The van der Waals surface area contributed by atoms with E-state index >= 15 is 0 Å². The summed E-state index contributed by atoms with van der Waals surface area (Å²) in [5.41, 5.74) is 2.27. The zero-order valence-electron chi connectivity index (χ0n) is 12.0. The van der Waals surface area contributed by atoms with E-state index in [9.17, 15) is 9.59 Å². The van der Waals surface area contributed by atoms with E-state index in [1.165, 1.54) is 11.8 Å². The maximum Gasteiger partial charge on any atom is 0.307 e. The second-order valence-corrected chi connectivity index (χ2v) is 6.72. The van der Waals surface area contributed by atoms with Gasteiger partial charge in [0.15, 0.2) is 0 Å². The summed E-state index contributed by atoms with van der Waals surface area (Å²) in [7, 11) is 0. The number of nitrogens with zero attached hydrogens (tertiary/aromatic N) is 1. The molecule has 0 aliphatic carbocycles. The fraction of sp³-hybridized carbons (Fsp3) is 0.267. The van der Waals surface area contributed by atoms with Crippen LogP contribution < -0.4 is 5.32 Å². The number of hydrogen-bond donors (Lipinski definition) is 2. The monoisotopic (exact) mass is 336 g/mol. The number of aryl methyl sites for hydroxylation is 1. The summed E-state index contributed by atoms with van der Waals surface area (Å²) in [6, 6.07) is 6.89. The molecule has 0 aliphatic rings. The first-order chi connectivity index (χ1) is 10.5. The van der Waals surface area contributed by atoms with Crippen LogP contribution in [0, 0.1) is 6.92 Å². The number of carbonyl (C=O) groups excluding carboxylic acids is 1. The van der Waals surface area contributed by atoms with Crippen molar-refractivity contribution >= 4 is 40.7 Å². The number of amides is 1. The summed E-state index contributed by atoms with van der Waals surface area (Å²) in [4.78, 5) is 26.9. The Bertz CT molecular complexity index is 670. The highest BCUT2D eigenvalue weighted by Crippen LogP contribution is 2.16. The quantitative estimate of drug-likeness (QED) is 0.812. The molecule has 0 aliphatic heterocycles. The number of thioether (sulfide) groups is 1. The second-order valence-electron chi connectivity index (χ2n) is 4.67. The molecule has 0 saturated heterocycles. The van der Waals surface area contributed by atoms with Crippen molar-refractivity contribution in [3.8, 4) is 0 Å². The number of carbonyl (C=O) groups is 2. The van der Waals surface area contributed by atoms with Crippen LogP contribution in [0.25, 0.3) is 0 Å². The first-order valence-corrected chi connectivity index (χ1v) is 8.65. The van der Waals surface area contributed by atoms with Crippen LogP contribution in [-0.2, 0) is 21.8 Å². The molecule has 0 radical (unpaired) electrons. The van der Waals surface area contributed by atoms with E-state index in [0.717, 1.165) is 10.7 Å². The van der Waals surface area contributed by atoms with Gasteiger partial charge in [0, 0.05) is 16.8 Å². The lowest BCUT2D eigenvalue weighted by Gasteiger charge is -2.06. The van der Waals surface area contributed by atoms with Crippen LogP contribution in [0.5, 0.6) is 0 Å². The van der Waals surface area contributed by atoms with E-state index in [1.807, 2.05) is 12.3 Å². The predicted molar refractivity (Wildman–Crippen MR) is 89.4 cm³/mol. The number of rotatable bonds is 7. The first kappa shape index (κ1) is 16.5. The normalized spacial score (nSPS) is 10.4. The van der Waals surface area contributed by atoms with Gasteiger partial charge < -0.3 is 10.4 Å². The van der Waals surface area contributed by atoms with Crippen molar-refractivity contribution in [1.82, 2.24) is 4.98 Å². The largest absolute Gasteiger partial charge is 0.481 e. The highest BCUT2D eigenvalue weighted by Gasteiger charge is 2.06. The molecule has 1 aromatic carbocycles. The molecule has 0 atom stereocenters. The van der Waals surface area contributed by atoms with Gasteiger partial charge in [-0.15, -0.1) is 23.1 Å². The number of anilines is 1. The van der Waals surface area contributed by atoms with Gasteiger partial charge >= 0.3 is 5.97 Å². The fourth-order valence-electron chi connectivity index (χ4n) is 1.85. The Morgan fingerprint density at radius 3 is 2.91 bits per heavy atom. The first-order valence-electron chi connectivity index (χ1n) is 6.62. The molecule has 2 N–H and O–H groups in total. The van der Waals surface area contributed by atoms with E-state index < -0.39 is 5.97 Å². The number of benzene rings is 1. The highest BCUT2D eigenvalue weighted by molar-refractivity contribution is 7.99. The van der Waals surface area contributed by atoms with Crippen molar-refractivity contribution in [2.45, 2.75) is 19.1 Å². The Kier molecular flexibility index (Phi) is 5.97. The van der Waals surface area contributed by atoms with Crippen LogP contribution in [0.3, 0.4) is 0 Å². The minimum atomic E-state index is -0.891. The third-order valence-electron chi connectivity index (χ3n) is 2.72. The van der Waals surface area contributed by atoms with Crippen LogP contribution in [-0.4, -0.2) is 27.7 Å². The summed E-state index contributed by atoms with van der Waals surface area (Å²) in [5.74, 6) is 0.0401. The van der Waals surface area contributed by atoms with Crippen molar-refractivity contribution in [3.63, 3.8) is 0 Å². The van der Waals surface area contributed by atoms with E-state index in [0.29, 0.717) is 22.8 Å². The van der Waals surface area contributed by atoms with Crippen LogP contribution in [0.2, 0.25) is 0 Å². The SMILES string of the molecule is Cc1nc(CSCC(=O)Nc2cccc(CC(=O)O)c2)cs1. The standard InChI is InChI=1S/C15H16N2O3S2/c1-10-16-13(8-22-10)7-21-9-14(18)17-12-4-2-3-11(5-12)6-15(19)20/h2-5,8H,6-7,9H2,1H3,(H,17,18)(H,19,20). The van der Waals surface area contributed by atoms with Gasteiger partial charge in [-0.2, -0.15) is 0 Å². The van der Waals surface area contributed by atoms with Crippen LogP contribution >= 0.6 is 23.1 Å². The number of nitrogens with one attached hydrogen (secondary N) is 1. The number of aliphatic carboxylic acids is 1. The Balaban J connectivity index is 1.80. The molecule has 2 aromatic rings. The molecule has 0 spiro atoms. The number of carboxylic acids is 1. The number of thiazole rings is 1. The van der Waals surface area contributed by atoms with Gasteiger partial charge in [0.2, 0.25) is 5.91 Å². The van der Waals surface area contributed by atoms with E-state index in [2.05, 4.69) is 10.3 Å². The molecule has 116 valence electrons. The van der Waals surface area contributed by atoms with Crippen LogP contribution in [0.1, 0.15) is 16.3 Å². The molecule has 1 amide bonds. The molecule has 2 rings (SSSR count). The van der Waals surface area contributed by atoms with E-state index in [4.69, 9.17) is 5.11 Å². The lowest BCUT2D eigenvalue weighted by atomic mass is 10.1. The minimum absolute atomic E-state index is 0.0539. The maximum atomic E-state index is 11.9. The second kappa shape index (κ2) is 7.95. The van der Waals surface area contributed by atoms with Gasteiger partial charge in [-0.05, 0) is 24.6 Å². The van der Waals surface area contributed by atoms with Gasteiger partial charge in [-0.1, -0.05) is 12.1 Å². The van der Waals surface area contributed by atoms with Crippen molar-refractivity contribution in [2.75, 3.05) is 11.1 Å². The molecule has 5 nitrogen and oxygen atoms in total. The average molecular weight is 336 g/mol. The van der Waals surface area contributed by atoms with Gasteiger partial charge in [0.25, 0.3) is 0 Å². The van der Waals surface area contributed by atoms with Crippen LogP contribution in [0.15, 0.2) is 29.6 Å². The zero-order chi connectivity index (χ0) is 15.9. The van der Waals surface area contributed by atoms with Crippen molar-refractivity contribution in [3.05, 3.63) is 45.9 Å². The maximum absolute atomic E-state index is 11.9. The average Bonchev–Trinajstić information content (AvgIpc) is 2.84. The molecule has 1 aromatic heterocycles. The minimum Gasteiger partial charge on any atom is -0.481 e. The zero-order valence-corrected chi connectivity index (χ0v) is 13.7. The number of aromatic nitrogens is 1. The summed E-state index contributed by atoms with van der Waals surface area (Å²) in [6.07, 6.45) is -0.0539. The molecule has 7 heteroatoms. The van der Waals surface area contributed by atoms with Gasteiger partial charge in [-0.3, -0.25) is 9.59 Å². The van der Waals surface area contributed by atoms with Crippen molar-refractivity contribution in [2.24, 2.45) is 0 Å². The Morgan fingerprint density at radius 1 is 1.41 bits per heavy atom. The fourth-order valence-corrected chi connectivity index (χ4v) is 3.29. The third-order valence-corrected chi connectivity index (χ3v) is 4.50. The van der Waals surface area contributed by atoms with E-state index in [1.54, 1.807) is 35.6 Å². The van der Waals surface area contributed by atoms with Crippen molar-refractivity contribution < 1.29 is 14.7 Å². The van der Waals surface area contributed by atoms with Gasteiger partial charge in [-0.25, -0.2) is 4.98 Å². The molecule has 0 fully saturated rings. The lowest BCUT2D eigenvalue weighted by Crippen LogP contribution is -2.14. The summed E-state index contributed by atoms with van der Waals surface area (Å²) >= 11 is 3.10. The van der Waals surface area contributed by atoms with Crippen molar-refractivity contribution in [1.29, 1.82) is 0 Å². The molecular formula is C15H16N2O3S2. The van der Waals surface area contributed by atoms with Gasteiger partial charge in [0.1, 0.15) is 0 Å². The van der Waals surface area contributed by atoms with E-state index in [-0.39, 0.29) is 12.3 Å². The molecule has 0 saturated carbocycles. The Hall–Kier alpha value is -1.86. The predicted octanol–water partition coefficient (Wildman–Crippen LogP) is 2.95. The molecule has 1 heterocycles. The number of carboxylic acid groups (broad SMARTS) is 1. The third kappa shape index (κ3) is 5.50. The Morgan fingerprint density at radius 2 is 2.23 bits per heavy atom. The summed E-state index contributed by atoms with van der Waals surface area (Å²) in [5, 5.41) is 14.6. The smallest absolute Gasteiger partial charge is 0.307 e. The molecule has 0 bridgehead atoms.